The maximum Gasteiger partial charge on any atom is 0.340 e. The zero-order valence-corrected chi connectivity index (χ0v) is 14.8. The first-order valence-electron chi connectivity index (χ1n) is 8.46. The van der Waals surface area contributed by atoms with Gasteiger partial charge < -0.3 is 14.4 Å². The highest BCUT2D eigenvalue weighted by Crippen LogP contribution is 2.27. The van der Waals surface area contributed by atoms with Crippen molar-refractivity contribution in [1.29, 1.82) is 5.26 Å². The molecule has 0 unspecified atom stereocenters. The van der Waals surface area contributed by atoms with Crippen molar-refractivity contribution in [2.75, 3.05) is 31.2 Å². The van der Waals surface area contributed by atoms with Gasteiger partial charge in [0.2, 0.25) is 0 Å². The van der Waals surface area contributed by atoms with Gasteiger partial charge in [0.15, 0.2) is 0 Å². The van der Waals surface area contributed by atoms with Crippen molar-refractivity contribution >= 4 is 17.3 Å². The summed E-state index contributed by atoms with van der Waals surface area (Å²) in [6.07, 6.45) is 0. The van der Waals surface area contributed by atoms with Crippen LogP contribution in [0.1, 0.15) is 21.5 Å². The second-order valence-electron chi connectivity index (χ2n) is 6.05. The van der Waals surface area contributed by atoms with Crippen molar-refractivity contribution in [1.82, 2.24) is 0 Å². The minimum atomic E-state index is -0.813. The third-order valence-corrected chi connectivity index (χ3v) is 4.30. The second kappa shape index (κ2) is 8.45. The molecule has 8 nitrogen and oxygen atoms in total. The van der Waals surface area contributed by atoms with E-state index in [-0.39, 0.29) is 22.4 Å². The number of nitriles is 1. The fourth-order valence-corrected chi connectivity index (χ4v) is 2.86. The summed E-state index contributed by atoms with van der Waals surface area (Å²) in [4.78, 5) is 25.0. The number of carbonyl (C=O) groups excluding carboxylic acids is 1. The molecule has 0 N–H and O–H groups in total. The Morgan fingerprint density at radius 3 is 2.71 bits per heavy atom. The summed E-state index contributed by atoms with van der Waals surface area (Å²) in [5.41, 5.74) is 0.544. The van der Waals surface area contributed by atoms with Gasteiger partial charge in [0.05, 0.1) is 41.0 Å². The lowest BCUT2D eigenvalue weighted by Gasteiger charge is -2.30. The van der Waals surface area contributed by atoms with Gasteiger partial charge in [-0.25, -0.2) is 9.18 Å². The van der Waals surface area contributed by atoms with Crippen molar-refractivity contribution in [3.8, 4) is 6.07 Å². The standard InChI is InChI=1S/C19H16FN3O5/c20-17-3-1-13(11-21)9-14(17)12-28-19(24)16-10-15(23(25)26)2-4-18(16)22-5-7-27-8-6-22/h1-4,9-10H,5-8,12H2. The van der Waals surface area contributed by atoms with E-state index in [2.05, 4.69) is 0 Å². The van der Waals surface area contributed by atoms with Gasteiger partial charge in [0, 0.05) is 30.8 Å². The van der Waals surface area contributed by atoms with Gasteiger partial charge in [-0.15, -0.1) is 0 Å². The maximum atomic E-state index is 13.9. The number of carbonyl (C=O) groups is 1. The number of anilines is 1. The number of nitrogens with zero attached hydrogens (tertiary/aromatic N) is 3. The van der Waals surface area contributed by atoms with Crippen LogP contribution in [-0.4, -0.2) is 37.2 Å². The van der Waals surface area contributed by atoms with E-state index in [0.29, 0.717) is 32.0 Å². The number of rotatable bonds is 5. The first-order valence-corrected chi connectivity index (χ1v) is 8.46. The molecule has 0 aromatic heterocycles. The third-order valence-electron chi connectivity index (χ3n) is 4.30. The van der Waals surface area contributed by atoms with Crippen LogP contribution in [0, 0.1) is 27.3 Å². The summed E-state index contributed by atoms with van der Waals surface area (Å²) in [6, 6.07) is 9.57. The molecule has 1 heterocycles. The molecule has 28 heavy (non-hydrogen) atoms. The van der Waals surface area contributed by atoms with Crippen molar-refractivity contribution in [3.05, 3.63) is 69.0 Å². The number of nitro groups is 1. The van der Waals surface area contributed by atoms with Crippen LogP contribution in [0.2, 0.25) is 0 Å². The molecule has 2 aromatic rings. The van der Waals surface area contributed by atoms with E-state index in [1.54, 1.807) is 0 Å². The summed E-state index contributed by atoms with van der Waals surface area (Å²) in [7, 11) is 0. The van der Waals surface area contributed by atoms with Gasteiger partial charge >= 0.3 is 5.97 Å². The first kappa shape index (κ1) is 19.3. The molecule has 2 aromatic carbocycles. The van der Waals surface area contributed by atoms with Gasteiger partial charge in [0.25, 0.3) is 5.69 Å². The predicted molar refractivity (Wildman–Crippen MR) is 96.4 cm³/mol. The van der Waals surface area contributed by atoms with Crippen LogP contribution < -0.4 is 4.90 Å². The average Bonchev–Trinajstić information content (AvgIpc) is 2.73. The van der Waals surface area contributed by atoms with Crippen LogP contribution in [0.15, 0.2) is 36.4 Å². The Morgan fingerprint density at radius 1 is 1.29 bits per heavy atom. The largest absolute Gasteiger partial charge is 0.457 e. The van der Waals surface area contributed by atoms with E-state index in [4.69, 9.17) is 14.7 Å². The summed E-state index contributed by atoms with van der Waals surface area (Å²) in [6.45, 7) is 1.59. The number of benzene rings is 2. The number of hydrogen-bond donors (Lipinski definition) is 0. The molecule has 144 valence electrons. The smallest absolute Gasteiger partial charge is 0.340 e. The average molecular weight is 385 g/mol. The fourth-order valence-electron chi connectivity index (χ4n) is 2.86. The summed E-state index contributed by atoms with van der Waals surface area (Å²) in [5.74, 6) is -1.42. The Bertz CT molecular complexity index is 951. The number of esters is 1. The van der Waals surface area contributed by atoms with Crippen LogP contribution in [0.4, 0.5) is 15.8 Å². The summed E-state index contributed by atoms with van der Waals surface area (Å²) >= 11 is 0. The quantitative estimate of drug-likeness (QED) is 0.443. The minimum absolute atomic E-state index is 0.0212. The molecule has 0 aliphatic carbocycles. The van der Waals surface area contributed by atoms with Gasteiger partial charge in [-0.3, -0.25) is 10.1 Å². The Balaban J connectivity index is 1.86. The van der Waals surface area contributed by atoms with E-state index >= 15 is 0 Å². The number of nitro benzene ring substituents is 1. The number of morpholine rings is 1. The SMILES string of the molecule is N#Cc1ccc(F)c(COC(=O)c2cc([N+](=O)[O-])ccc2N2CCOCC2)c1. The van der Waals surface area contributed by atoms with E-state index in [9.17, 15) is 19.3 Å². The molecule has 3 rings (SSSR count). The normalized spacial score (nSPS) is 13.6. The number of halogens is 1. The minimum Gasteiger partial charge on any atom is -0.457 e. The lowest BCUT2D eigenvalue weighted by atomic mass is 10.1. The van der Waals surface area contributed by atoms with Crippen molar-refractivity contribution in [2.24, 2.45) is 0 Å². The van der Waals surface area contributed by atoms with Gasteiger partial charge in [-0.2, -0.15) is 5.26 Å². The molecule has 0 bridgehead atoms. The van der Waals surface area contributed by atoms with E-state index in [1.807, 2.05) is 11.0 Å². The van der Waals surface area contributed by atoms with Crippen molar-refractivity contribution < 1.29 is 23.6 Å². The van der Waals surface area contributed by atoms with E-state index in [0.717, 1.165) is 12.1 Å². The predicted octanol–water partition coefficient (Wildman–Crippen LogP) is 2.80. The Labute approximate surface area is 159 Å². The zero-order chi connectivity index (χ0) is 20.1. The highest BCUT2D eigenvalue weighted by molar-refractivity contribution is 5.96. The van der Waals surface area contributed by atoms with Gasteiger partial charge in [0.1, 0.15) is 12.4 Å². The van der Waals surface area contributed by atoms with Crippen LogP contribution in [0.3, 0.4) is 0 Å². The monoisotopic (exact) mass is 385 g/mol. The molecule has 1 saturated heterocycles. The Hall–Kier alpha value is -3.51. The maximum absolute atomic E-state index is 13.9. The zero-order valence-electron chi connectivity index (χ0n) is 14.8. The molecular weight excluding hydrogens is 369 g/mol. The molecule has 0 spiro atoms. The molecule has 9 heteroatoms. The molecule has 0 atom stereocenters. The molecular formula is C19H16FN3O5. The molecule has 0 radical (unpaired) electrons. The highest BCUT2D eigenvalue weighted by atomic mass is 19.1. The lowest BCUT2D eigenvalue weighted by molar-refractivity contribution is -0.384. The molecule has 0 amide bonds. The highest BCUT2D eigenvalue weighted by Gasteiger charge is 2.23. The number of ether oxygens (including phenoxy) is 2. The van der Waals surface area contributed by atoms with Crippen LogP contribution in [0.5, 0.6) is 0 Å². The second-order valence-corrected chi connectivity index (χ2v) is 6.05. The van der Waals surface area contributed by atoms with Crippen LogP contribution >= 0.6 is 0 Å². The molecule has 1 aliphatic heterocycles. The molecule has 1 aliphatic rings. The van der Waals surface area contributed by atoms with Gasteiger partial charge in [-0.1, -0.05) is 0 Å². The molecule has 1 fully saturated rings. The van der Waals surface area contributed by atoms with Crippen LogP contribution in [-0.2, 0) is 16.1 Å². The summed E-state index contributed by atoms with van der Waals surface area (Å²) in [5, 5.41) is 20.0. The fraction of sp³-hybridized carbons (Fsp3) is 0.263. The van der Waals surface area contributed by atoms with Crippen molar-refractivity contribution in [2.45, 2.75) is 6.61 Å². The van der Waals surface area contributed by atoms with Crippen molar-refractivity contribution in [3.63, 3.8) is 0 Å². The first-order chi connectivity index (χ1) is 13.5. The Morgan fingerprint density at radius 2 is 2.04 bits per heavy atom. The third kappa shape index (κ3) is 4.24. The number of hydrogen-bond acceptors (Lipinski definition) is 7. The lowest BCUT2D eigenvalue weighted by Crippen LogP contribution is -2.37. The number of non-ortho nitro benzene ring substituents is 1. The summed E-state index contributed by atoms with van der Waals surface area (Å²) < 4.78 is 24.4. The van der Waals surface area contributed by atoms with Gasteiger partial charge in [-0.05, 0) is 24.3 Å². The van der Waals surface area contributed by atoms with E-state index in [1.165, 1.54) is 24.3 Å². The topological polar surface area (TPSA) is 106 Å². The van der Waals surface area contributed by atoms with E-state index < -0.39 is 23.3 Å². The Kier molecular flexibility index (Phi) is 5.81. The van der Waals surface area contributed by atoms with Crippen LogP contribution in [0.25, 0.3) is 0 Å². The molecule has 0 saturated carbocycles.